The maximum absolute atomic E-state index is 13.0. The molecule has 0 radical (unpaired) electrons. The third kappa shape index (κ3) is 3.29. The molecular formula is C24H24N4OS. The number of hydrogen-bond acceptors (Lipinski definition) is 4. The Morgan fingerprint density at radius 2 is 1.97 bits per heavy atom. The third-order valence-corrected chi connectivity index (χ3v) is 6.53. The molecule has 0 aliphatic heterocycles. The molecule has 3 heterocycles. The lowest BCUT2D eigenvalue weighted by atomic mass is 10.2. The van der Waals surface area contributed by atoms with Gasteiger partial charge in [0.1, 0.15) is 6.07 Å². The van der Waals surface area contributed by atoms with E-state index in [2.05, 4.69) is 29.5 Å². The number of para-hydroxylation sites is 2. The van der Waals surface area contributed by atoms with Gasteiger partial charge in [0, 0.05) is 23.5 Å². The van der Waals surface area contributed by atoms with Gasteiger partial charge >= 0.3 is 0 Å². The first-order chi connectivity index (χ1) is 14.5. The van der Waals surface area contributed by atoms with E-state index in [0.717, 1.165) is 51.5 Å². The molecule has 0 aliphatic carbocycles. The van der Waals surface area contributed by atoms with Gasteiger partial charge in [-0.05, 0) is 57.0 Å². The molecular weight excluding hydrogens is 392 g/mol. The van der Waals surface area contributed by atoms with Crippen LogP contribution in [0.15, 0.2) is 41.4 Å². The zero-order chi connectivity index (χ0) is 21.4. The predicted octanol–water partition coefficient (Wildman–Crippen LogP) is 5.47. The van der Waals surface area contributed by atoms with Gasteiger partial charge in [-0.2, -0.15) is 5.26 Å². The molecule has 0 bridgehead atoms. The van der Waals surface area contributed by atoms with Crippen LogP contribution in [-0.4, -0.2) is 25.5 Å². The minimum absolute atomic E-state index is 0.120. The number of aromatic nitrogens is 3. The van der Waals surface area contributed by atoms with Gasteiger partial charge in [-0.3, -0.25) is 9.20 Å². The lowest BCUT2D eigenvalue weighted by molar-refractivity contribution is 0.102. The van der Waals surface area contributed by atoms with E-state index in [9.17, 15) is 10.1 Å². The molecule has 5 nitrogen and oxygen atoms in total. The van der Waals surface area contributed by atoms with E-state index in [4.69, 9.17) is 0 Å². The second kappa shape index (κ2) is 8.00. The van der Waals surface area contributed by atoms with E-state index in [1.807, 2.05) is 54.6 Å². The Kier molecular flexibility index (Phi) is 5.40. The maximum atomic E-state index is 13.0. The Morgan fingerprint density at radius 3 is 2.70 bits per heavy atom. The highest BCUT2D eigenvalue weighted by molar-refractivity contribution is 8.00. The first-order valence-electron chi connectivity index (χ1n) is 10.1. The number of thioether (sulfide) groups is 1. The van der Waals surface area contributed by atoms with E-state index in [0.29, 0.717) is 17.0 Å². The predicted molar refractivity (Wildman–Crippen MR) is 121 cm³/mol. The lowest BCUT2D eigenvalue weighted by Crippen LogP contribution is -2.07. The quantitative estimate of drug-likeness (QED) is 0.309. The van der Waals surface area contributed by atoms with Crippen LogP contribution >= 0.6 is 11.8 Å². The number of hydrogen-bond donors (Lipinski definition) is 0. The van der Waals surface area contributed by atoms with E-state index in [-0.39, 0.29) is 5.78 Å². The van der Waals surface area contributed by atoms with Crippen LogP contribution in [0.3, 0.4) is 0 Å². The number of Topliss-reactive ketones (excluding diaryl/α,β-unsaturated/α-hetero) is 1. The van der Waals surface area contributed by atoms with Gasteiger partial charge in [0.05, 0.1) is 27.4 Å². The Balaban J connectivity index is 1.72. The molecule has 0 fully saturated rings. The van der Waals surface area contributed by atoms with Gasteiger partial charge in [0.25, 0.3) is 0 Å². The van der Waals surface area contributed by atoms with E-state index in [1.165, 1.54) is 11.8 Å². The molecule has 0 saturated heterocycles. The summed E-state index contributed by atoms with van der Waals surface area (Å²) in [5, 5.41) is 10.6. The highest BCUT2D eigenvalue weighted by Crippen LogP contribution is 2.30. The maximum Gasteiger partial charge on any atom is 0.174 e. The molecule has 0 unspecified atom stereocenters. The summed E-state index contributed by atoms with van der Waals surface area (Å²) in [4.78, 5) is 17.7. The Hall–Kier alpha value is -3.04. The molecule has 6 heteroatoms. The Bertz CT molecular complexity index is 1320. The number of nitriles is 1. The molecule has 0 saturated carbocycles. The minimum atomic E-state index is 0.120. The van der Waals surface area contributed by atoms with Crippen molar-refractivity contribution >= 4 is 34.2 Å². The van der Waals surface area contributed by atoms with Crippen molar-refractivity contribution in [3.8, 4) is 6.07 Å². The first kappa shape index (κ1) is 20.2. The number of nitrogens with zero attached hydrogens (tertiary/aromatic N) is 4. The molecule has 0 N–H and O–H groups in total. The second-order valence-corrected chi connectivity index (χ2v) is 8.56. The molecule has 4 aromatic rings. The zero-order valence-corrected chi connectivity index (χ0v) is 18.5. The molecule has 0 aliphatic rings. The monoisotopic (exact) mass is 416 g/mol. The van der Waals surface area contributed by atoms with Crippen molar-refractivity contribution in [3.63, 3.8) is 0 Å². The van der Waals surface area contributed by atoms with Gasteiger partial charge in [-0.15, -0.1) is 0 Å². The second-order valence-electron chi connectivity index (χ2n) is 7.56. The number of fused-ring (bicyclic) bond motifs is 3. The van der Waals surface area contributed by atoms with Crippen molar-refractivity contribution in [2.24, 2.45) is 0 Å². The minimum Gasteiger partial charge on any atom is -0.348 e. The number of rotatable bonds is 6. The number of imidazole rings is 1. The summed E-state index contributed by atoms with van der Waals surface area (Å²) in [5.74, 6) is 0.457. The SMILES string of the molecule is CCCn1c(C)cc(C(=O)CSc2cc(C)c(C#N)c3nc4ccccc4n23)c1C. The normalized spacial score (nSPS) is 11.3. The highest BCUT2D eigenvalue weighted by atomic mass is 32.2. The highest BCUT2D eigenvalue weighted by Gasteiger charge is 2.19. The van der Waals surface area contributed by atoms with Crippen molar-refractivity contribution in [2.75, 3.05) is 5.75 Å². The Labute approximate surface area is 180 Å². The topological polar surface area (TPSA) is 63.1 Å². The van der Waals surface area contributed by atoms with Crippen LogP contribution in [-0.2, 0) is 6.54 Å². The molecule has 4 rings (SSSR count). The summed E-state index contributed by atoms with van der Waals surface area (Å²) in [5.41, 5.74) is 6.84. The van der Waals surface area contributed by atoms with Gasteiger partial charge < -0.3 is 4.57 Å². The number of aryl methyl sites for hydroxylation is 2. The molecule has 0 atom stereocenters. The average Bonchev–Trinajstić information content (AvgIpc) is 3.25. The summed E-state index contributed by atoms with van der Waals surface area (Å²) in [7, 11) is 0. The largest absolute Gasteiger partial charge is 0.348 e. The van der Waals surface area contributed by atoms with Crippen molar-refractivity contribution in [1.82, 2.24) is 14.0 Å². The third-order valence-electron chi connectivity index (χ3n) is 5.52. The fourth-order valence-electron chi connectivity index (χ4n) is 4.03. The van der Waals surface area contributed by atoms with Crippen LogP contribution in [0, 0.1) is 32.1 Å². The van der Waals surface area contributed by atoms with Crippen molar-refractivity contribution in [1.29, 1.82) is 5.26 Å². The number of ketones is 1. The van der Waals surface area contributed by atoms with Crippen LogP contribution in [0.1, 0.15) is 46.2 Å². The van der Waals surface area contributed by atoms with Crippen molar-refractivity contribution in [3.05, 3.63) is 64.5 Å². The summed E-state index contributed by atoms with van der Waals surface area (Å²) in [6.07, 6.45) is 1.04. The zero-order valence-electron chi connectivity index (χ0n) is 17.7. The molecule has 152 valence electrons. The van der Waals surface area contributed by atoms with Crippen LogP contribution in [0.5, 0.6) is 0 Å². The molecule has 0 amide bonds. The van der Waals surface area contributed by atoms with Crippen LogP contribution in [0.2, 0.25) is 0 Å². The van der Waals surface area contributed by atoms with Gasteiger partial charge in [0.2, 0.25) is 0 Å². The average molecular weight is 417 g/mol. The van der Waals surface area contributed by atoms with Gasteiger partial charge in [-0.25, -0.2) is 4.98 Å². The Morgan fingerprint density at radius 1 is 1.20 bits per heavy atom. The van der Waals surface area contributed by atoms with Crippen LogP contribution < -0.4 is 0 Å². The smallest absolute Gasteiger partial charge is 0.174 e. The number of benzene rings is 1. The summed E-state index contributed by atoms with van der Waals surface area (Å²) in [6, 6.07) is 14.1. The fourth-order valence-corrected chi connectivity index (χ4v) is 5.04. The molecule has 30 heavy (non-hydrogen) atoms. The number of carbonyl (C=O) groups is 1. The lowest BCUT2D eigenvalue weighted by Gasteiger charge is -2.10. The molecule has 1 aromatic carbocycles. The summed E-state index contributed by atoms with van der Waals surface area (Å²) in [6.45, 7) is 9.06. The van der Waals surface area contributed by atoms with Crippen molar-refractivity contribution < 1.29 is 4.79 Å². The standard InChI is InChI=1S/C24H24N4OS/c1-5-10-27-16(3)12-18(17(27)4)22(29)14-30-23-11-15(2)19(13-25)24-26-20-8-6-7-9-21(20)28(23)24/h6-9,11-12H,5,10,14H2,1-4H3. The van der Waals surface area contributed by atoms with E-state index in [1.54, 1.807) is 0 Å². The summed E-state index contributed by atoms with van der Waals surface area (Å²) < 4.78 is 4.21. The fraction of sp³-hybridized carbons (Fsp3) is 0.292. The van der Waals surface area contributed by atoms with E-state index < -0.39 is 0 Å². The van der Waals surface area contributed by atoms with E-state index >= 15 is 0 Å². The van der Waals surface area contributed by atoms with Crippen LogP contribution in [0.4, 0.5) is 0 Å². The van der Waals surface area contributed by atoms with Gasteiger partial charge in [-0.1, -0.05) is 30.8 Å². The van der Waals surface area contributed by atoms with Crippen molar-refractivity contribution in [2.45, 2.75) is 45.7 Å². The first-order valence-corrected chi connectivity index (χ1v) is 11.1. The molecule has 3 aromatic heterocycles. The van der Waals surface area contributed by atoms with Gasteiger partial charge in [0.15, 0.2) is 11.4 Å². The molecule has 0 spiro atoms. The van der Waals surface area contributed by atoms with Crippen LogP contribution in [0.25, 0.3) is 16.7 Å². The number of pyridine rings is 1. The number of carbonyl (C=O) groups excluding carboxylic acids is 1. The summed E-state index contributed by atoms with van der Waals surface area (Å²) >= 11 is 1.50.